The Bertz CT molecular complexity index is 1300. The lowest BCUT2D eigenvalue weighted by molar-refractivity contribution is 0.0995. The van der Waals surface area contributed by atoms with Crippen LogP contribution < -0.4 is 14.3 Å². The molecule has 29 heavy (non-hydrogen) atoms. The topological polar surface area (TPSA) is 52.8 Å². The van der Waals surface area contributed by atoms with Crippen LogP contribution in [0.5, 0.6) is 11.5 Å². The van der Waals surface area contributed by atoms with Crippen molar-refractivity contribution < 1.29 is 14.3 Å². The first-order valence-electron chi connectivity index (χ1n) is 9.09. The first kappa shape index (κ1) is 19.0. The standard InChI is InChI=1S/C23H20N2O3S/c1-4-13-25-19-12-9-15-7-5-6-8-17(15)21(19)29-23(25)24-22(26)18-11-10-16(27-2)14-20(18)28-3/h4-12,14H,1,13H2,2-3H3. The summed E-state index contributed by atoms with van der Waals surface area (Å²) in [6, 6.07) is 17.4. The highest BCUT2D eigenvalue weighted by molar-refractivity contribution is 7.17. The van der Waals surface area contributed by atoms with Gasteiger partial charge < -0.3 is 14.0 Å². The number of benzene rings is 3. The molecule has 0 bridgehead atoms. The van der Waals surface area contributed by atoms with Crippen molar-refractivity contribution in [1.82, 2.24) is 4.57 Å². The van der Waals surface area contributed by atoms with E-state index in [9.17, 15) is 4.79 Å². The summed E-state index contributed by atoms with van der Waals surface area (Å²) in [5, 5.41) is 2.30. The van der Waals surface area contributed by atoms with Gasteiger partial charge in [-0.3, -0.25) is 4.79 Å². The Morgan fingerprint density at radius 3 is 2.72 bits per heavy atom. The Balaban J connectivity index is 1.91. The van der Waals surface area contributed by atoms with Gasteiger partial charge in [-0.1, -0.05) is 47.7 Å². The van der Waals surface area contributed by atoms with Gasteiger partial charge >= 0.3 is 0 Å². The highest BCUT2D eigenvalue weighted by Crippen LogP contribution is 2.28. The Morgan fingerprint density at radius 1 is 1.14 bits per heavy atom. The lowest BCUT2D eigenvalue weighted by atomic mass is 10.1. The van der Waals surface area contributed by atoms with Crippen molar-refractivity contribution in [3.63, 3.8) is 0 Å². The molecular weight excluding hydrogens is 384 g/mol. The highest BCUT2D eigenvalue weighted by atomic mass is 32.1. The van der Waals surface area contributed by atoms with Gasteiger partial charge in [0.05, 0.1) is 30.0 Å². The van der Waals surface area contributed by atoms with E-state index in [-0.39, 0.29) is 5.91 Å². The molecule has 0 aliphatic rings. The fourth-order valence-electron chi connectivity index (χ4n) is 3.31. The number of carbonyl (C=O) groups excluding carboxylic acids is 1. The third-order valence-electron chi connectivity index (χ3n) is 4.72. The van der Waals surface area contributed by atoms with Crippen LogP contribution >= 0.6 is 11.3 Å². The maximum absolute atomic E-state index is 13.0. The Labute approximate surface area is 172 Å². The van der Waals surface area contributed by atoms with Crippen molar-refractivity contribution in [2.24, 2.45) is 4.99 Å². The van der Waals surface area contributed by atoms with Crippen molar-refractivity contribution in [2.75, 3.05) is 14.2 Å². The molecule has 0 saturated carbocycles. The molecule has 146 valence electrons. The molecule has 0 atom stereocenters. The molecule has 0 unspecified atom stereocenters. The van der Waals surface area contributed by atoms with Crippen LogP contribution in [0, 0.1) is 0 Å². The second-order valence-corrected chi connectivity index (χ2v) is 7.38. The van der Waals surface area contributed by atoms with Gasteiger partial charge in [0.15, 0.2) is 4.80 Å². The van der Waals surface area contributed by atoms with E-state index in [0.29, 0.717) is 28.4 Å². The van der Waals surface area contributed by atoms with Crippen LogP contribution in [0.2, 0.25) is 0 Å². The van der Waals surface area contributed by atoms with Gasteiger partial charge in [0, 0.05) is 18.0 Å². The third kappa shape index (κ3) is 3.43. The van der Waals surface area contributed by atoms with Crippen molar-refractivity contribution in [3.05, 3.63) is 77.6 Å². The average molecular weight is 404 g/mol. The molecule has 1 amide bonds. The van der Waals surface area contributed by atoms with Gasteiger partial charge in [0.1, 0.15) is 11.5 Å². The summed E-state index contributed by atoms with van der Waals surface area (Å²) in [6.45, 7) is 4.41. The summed E-state index contributed by atoms with van der Waals surface area (Å²) >= 11 is 1.50. The van der Waals surface area contributed by atoms with E-state index in [1.54, 1.807) is 31.4 Å². The molecule has 0 saturated heterocycles. The molecule has 5 nitrogen and oxygen atoms in total. The number of hydrogen-bond acceptors (Lipinski definition) is 4. The molecule has 0 aliphatic carbocycles. The number of amides is 1. The van der Waals surface area contributed by atoms with E-state index in [2.05, 4.69) is 35.8 Å². The normalized spacial score (nSPS) is 11.7. The molecule has 1 heterocycles. The molecule has 4 aromatic rings. The molecule has 0 radical (unpaired) electrons. The van der Waals surface area contributed by atoms with E-state index in [4.69, 9.17) is 9.47 Å². The van der Waals surface area contributed by atoms with Gasteiger partial charge in [-0.2, -0.15) is 4.99 Å². The van der Waals surface area contributed by atoms with Crippen LogP contribution in [-0.2, 0) is 6.54 Å². The summed E-state index contributed by atoms with van der Waals surface area (Å²) < 4.78 is 13.7. The molecule has 0 N–H and O–H groups in total. The van der Waals surface area contributed by atoms with E-state index in [1.165, 1.54) is 18.4 Å². The number of rotatable bonds is 5. The molecule has 6 heteroatoms. The number of carbonyl (C=O) groups is 1. The molecule has 0 spiro atoms. The molecular formula is C23H20N2O3S. The average Bonchev–Trinajstić information content (AvgIpc) is 3.11. The van der Waals surface area contributed by atoms with Crippen molar-refractivity contribution >= 4 is 38.2 Å². The van der Waals surface area contributed by atoms with Crippen molar-refractivity contribution in [3.8, 4) is 11.5 Å². The molecule has 1 aromatic heterocycles. The zero-order valence-electron chi connectivity index (χ0n) is 16.2. The number of allylic oxidation sites excluding steroid dienone is 1. The van der Waals surface area contributed by atoms with E-state index in [0.717, 1.165) is 21.0 Å². The minimum absolute atomic E-state index is 0.363. The van der Waals surface area contributed by atoms with Crippen LogP contribution in [0.1, 0.15) is 10.4 Å². The molecule has 0 fully saturated rings. The number of nitrogens with zero attached hydrogens (tertiary/aromatic N) is 2. The second-order valence-electron chi connectivity index (χ2n) is 6.40. The maximum Gasteiger partial charge on any atom is 0.283 e. The Morgan fingerprint density at radius 2 is 1.97 bits per heavy atom. The van der Waals surface area contributed by atoms with Crippen molar-refractivity contribution in [2.45, 2.75) is 6.54 Å². The van der Waals surface area contributed by atoms with Crippen molar-refractivity contribution in [1.29, 1.82) is 0 Å². The van der Waals surface area contributed by atoms with Gasteiger partial charge in [-0.25, -0.2) is 0 Å². The molecule has 3 aromatic carbocycles. The molecule has 0 aliphatic heterocycles. The van der Waals surface area contributed by atoms with Gasteiger partial charge in [-0.15, -0.1) is 6.58 Å². The highest BCUT2D eigenvalue weighted by Gasteiger charge is 2.15. The van der Waals surface area contributed by atoms with Crippen LogP contribution in [0.4, 0.5) is 0 Å². The summed E-state index contributed by atoms with van der Waals surface area (Å²) in [4.78, 5) is 18.0. The summed E-state index contributed by atoms with van der Waals surface area (Å²) in [5.41, 5.74) is 1.42. The van der Waals surface area contributed by atoms with Crippen LogP contribution in [0.3, 0.4) is 0 Å². The fourth-order valence-corrected chi connectivity index (χ4v) is 4.48. The van der Waals surface area contributed by atoms with E-state index >= 15 is 0 Å². The maximum atomic E-state index is 13.0. The van der Waals surface area contributed by atoms with E-state index < -0.39 is 0 Å². The van der Waals surface area contributed by atoms with Crippen LogP contribution in [0.25, 0.3) is 21.0 Å². The second kappa shape index (κ2) is 7.93. The number of aromatic nitrogens is 1. The van der Waals surface area contributed by atoms with Crippen LogP contribution in [0.15, 0.2) is 72.2 Å². The predicted molar refractivity (Wildman–Crippen MR) is 117 cm³/mol. The Hall–Kier alpha value is -3.38. The predicted octanol–water partition coefficient (Wildman–Crippen LogP) is 4.80. The van der Waals surface area contributed by atoms with Gasteiger partial charge in [0.25, 0.3) is 5.91 Å². The number of thiazole rings is 1. The lowest BCUT2D eigenvalue weighted by Crippen LogP contribution is -2.16. The number of methoxy groups -OCH3 is 2. The largest absolute Gasteiger partial charge is 0.497 e. The first-order valence-corrected chi connectivity index (χ1v) is 9.91. The number of ether oxygens (including phenoxy) is 2. The Kier molecular flexibility index (Phi) is 5.18. The lowest BCUT2D eigenvalue weighted by Gasteiger charge is -2.07. The van der Waals surface area contributed by atoms with E-state index in [1.807, 2.05) is 16.7 Å². The monoisotopic (exact) mass is 404 g/mol. The quantitative estimate of drug-likeness (QED) is 0.449. The first-order chi connectivity index (χ1) is 14.2. The smallest absolute Gasteiger partial charge is 0.283 e. The van der Waals surface area contributed by atoms with Gasteiger partial charge in [0.2, 0.25) is 0 Å². The summed E-state index contributed by atoms with van der Waals surface area (Å²) in [6.07, 6.45) is 1.80. The third-order valence-corrected chi connectivity index (χ3v) is 5.85. The minimum Gasteiger partial charge on any atom is -0.497 e. The minimum atomic E-state index is -0.363. The zero-order valence-corrected chi connectivity index (χ0v) is 17.0. The number of fused-ring (bicyclic) bond motifs is 3. The zero-order chi connectivity index (χ0) is 20.4. The molecule has 4 rings (SSSR count). The number of hydrogen-bond donors (Lipinski definition) is 0. The summed E-state index contributed by atoms with van der Waals surface area (Å²) in [5.74, 6) is 0.687. The fraction of sp³-hybridized carbons (Fsp3) is 0.130. The summed E-state index contributed by atoms with van der Waals surface area (Å²) in [7, 11) is 3.09. The van der Waals surface area contributed by atoms with Gasteiger partial charge in [-0.05, 0) is 23.6 Å². The SMILES string of the molecule is C=CCn1c(=NC(=O)c2ccc(OC)cc2OC)sc2c3ccccc3ccc21. The van der Waals surface area contributed by atoms with Crippen LogP contribution in [-0.4, -0.2) is 24.7 Å².